The number of benzene rings is 1. The van der Waals surface area contributed by atoms with Crippen molar-refractivity contribution < 1.29 is 8.78 Å². The maximum atomic E-state index is 13.4. The van der Waals surface area contributed by atoms with Crippen molar-refractivity contribution in [2.45, 2.75) is 44.4 Å². The van der Waals surface area contributed by atoms with Crippen molar-refractivity contribution in [1.29, 1.82) is 0 Å². The van der Waals surface area contributed by atoms with Gasteiger partial charge >= 0.3 is 0 Å². The van der Waals surface area contributed by atoms with Crippen LogP contribution in [0.2, 0.25) is 0 Å². The molecule has 128 valence electrons. The van der Waals surface area contributed by atoms with E-state index in [-0.39, 0.29) is 16.2 Å². The minimum atomic E-state index is -2.71. The van der Waals surface area contributed by atoms with Crippen LogP contribution in [0.3, 0.4) is 0 Å². The molecule has 1 aliphatic rings. The van der Waals surface area contributed by atoms with Gasteiger partial charge in [-0.05, 0) is 24.3 Å². The van der Waals surface area contributed by atoms with E-state index in [0.717, 1.165) is 18.4 Å². The lowest BCUT2D eigenvalue weighted by Crippen LogP contribution is -2.14. The van der Waals surface area contributed by atoms with Gasteiger partial charge in [0.05, 0.1) is 11.3 Å². The summed E-state index contributed by atoms with van der Waals surface area (Å²) in [5, 5.41) is 3.99. The van der Waals surface area contributed by atoms with Gasteiger partial charge in [-0.25, -0.2) is 8.78 Å². The Bertz CT molecular complexity index is 749. The quantitative estimate of drug-likeness (QED) is 0.813. The fourth-order valence-corrected chi connectivity index (χ4v) is 3.93. The Labute approximate surface area is 145 Å². The zero-order valence-electron chi connectivity index (χ0n) is 13.6. The molecule has 1 saturated carbocycles. The third-order valence-corrected chi connectivity index (χ3v) is 4.99. The highest BCUT2D eigenvalue weighted by Crippen LogP contribution is 2.40. The molecular formula is C18H21F2N3S. The van der Waals surface area contributed by atoms with E-state index in [1.165, 1.54) is 29.5 Å². The highest BCUT2D eigenvalue weighted by atomic mass is 32.1. The molecule has 3 nitrogen and oxygen atoms in total. The molecule has 1 aliphatic carbocycles. The van der Waals surface area contributed by atoms with Gasteiger partial charge in [0.1, 0.15) is 10.7 Å². The molecule has 1 aromatic carbocycles. The average molecular weight is 349 g/mol. The smallest absolute Gasteiger partial charge is 0.282 e. The molecule has 0 unspecified atom stereocenters. The van der Waals surface area contributed by atoms with Crippen LogP contribution in [0.5, 0.6) is 0 Å². The van der Waals surface area contributed by atoms with Gasteiger partial charge in [-0.3, -0.25) is 4.68 Å². The van der Waals surface area contributed by atoms with Crippen LogP contribution in [-0.2, 0) is 7.05 Å². The van der Waals surface area contributed by atoms with Gasteiger partial charge in [-0.15, -0.1) is 0 Å². The summed E-state index contributed by atoms with van der Waals surface area (Å²) in [4.78, 5) is -0.0353. The molecule has 3 rings (SSSR count). The van der Waals surface area contributed by atoms with Gasteiger partial charge in [0.2, 0.25) is 0 Å². The van der Waals surface area contributed by atoms with Crippen LogP contribution in [0.4, 0.5) is 8.78 Å². The predicted molar refractivity (Wildman–Crippen MR) is 95.3 cm³/mol. The van der Waals surface area contributed by atoms with Gasteiger partial charge in [0, 0.05) is 12.6 Å². The summed E-state index contributed by atoms with van der Waals surface area (Å²) >= 11 is 5.06. The summed E-state index contributed by atoms with van der Waals surface area (Å²) in [6.07, 6.45) is 3.21. The lowest BCUT2D eigenvalue weighted by Gasteiger charge is -2.24. The Hall–Kier alpha value is -1.82. The summed E-state index contributed by atoms with van der Waals surface area (Å²) in [5.74, 6) is 0.444. The number of thiocarbonyl (C=S) groups is 1. The minimum Gasteiger partial charge on any atom is -0.389 e. The van der Waals surface area contributed by atoms with E-state index in [9.17, 15) is 8.78 Å². The van der Waals surface area contributed by atoms with Crippen LogP contribution >= 0.6 is 12.2 Å². The number of nitrogens with zero attached hydrogens (tertiary/aromatic N) is 2. The van der Waals surface area contributed by atoms with Gasteiger partial charge in [-0.1, -0.05) is 55.7 Å². The molecular weight excluding hydrogens is 328 g/mol. The topological polar surface area (TPSA) is 43.8 Å². The van der Waals surface area contributed by atoms with Crippen molar-refractivity contribution in [2.75, 3.05) is 0 Å². The lowest BCUT2D eigenvalue weighted by molar-refractivity contribution is 0.145. The normalized spacial score (nSPS) is 15.8. The lowest BCUT2D eigenvalue weighted by atomic mass is 9.81. The summed E-state index contributed by atoms with van der Waals surface area (Å²) in [6, 6.07) is 7.96. The molecule has 0 bridgehead atoms. The Morgan fingerprint density at radius 1 is 1.25 bits per heavy atom. The average Bonchev–Trinajstić information content (AvgIpc) is 2.93. The Balaban J connectivity index is 2.18. The van der Waals surface area contributed by atoms with Crippen LogP contribution in [0.1, 0.15) is 61.3 Å². The van der Waals surface area contributed by atoms with E-state index in [1.54, 1.807) is 7.05 Å². The van der Waals surface area contributed by atoms with E-state index in [4.69, 9.17) is 18.0 Å². The first-order valence-electron chi connectivity index (χ1n) is 8.24. The molecule has 0 amide bonds. The number of hydrogen-bond donors (Lipinski definition) is 1. The molecule has 0 spiro atoms. The molecule has 2 aromatic rings. The number of alkyl halides is 2. The molecule has 1 aromatic heterocycles. The van der Waals surface area contributed by atoms with E-state index in [2.05, 4.69) is 11.2 Å². The SMILES string of the molecule is Cn1nc(C(F)F)c(C(N)=S)c1-c1ccccc1C1CCCCC1. The van der Waals surface area contributed by atoms with Gasteiger partial charge < -0.3 is 5.73 Å². The molecule has 24 heavy (non-hydrogen) atoms. The second-order valence-electron chi connectivity index (χ2n) is 6.32. The Kier molecular flexibility index (Phi) is 4.94. The summed E-state index contributed by atoms with van der Waals surface area (Å²) in [5.41, 5.74) is 8.33. The van der Waals surface area contributed by atoms with Crippen molar-refractivity contribution in [1.82, 2.24) is 9.78 Å². The van der Waals surface area contributed by atoms with Crippen LogP contribution in [0, 0.1) is 0 Å². The molecule has 6 heteroatoms. The summed E-state index contributed by atoms with van der Waals surface area (Å²) in [6.45, 7) is 0. The molecule has 0 aliphatic heterocycles. The predicted octanol–water partition coefficient (Wildman–Crippen LogP) is 4.71. The summed E-state index contributed by atoms with van der Waals surface area (Å²) in [7, 11) is 1.67. The van der Waals surface area contributed by atoms with Crippen molar-refractivity contribution in [3.05, 3.63) is 41.1 Å². The number of hydrogen-bond acceptors (Lipinski definition) is 2. The highest BCUT2D eigenvalue weighted by molar-refractivity contribution is 7.80. The molecule has 0 saturated heterocycles. The standard InChI is InChI=1S/C18H21F2N3S/c1-23-16(14(18(21)24)15(22-23)17(19)20)13-10-6-5-9-12(13)11-7-3-2-4-8-11/h5-6,9-11,17H,2-4,7-8H2,1H3,(H2,21,24). The fourth-order valence-electron chi connectivity index (χ4n) is 3.73. The Morgan fingerprint density at radius 2 is 1.92 bits per heavy atom. The summed E-state index contributed by atoms with van der Waals surface area (Å²) < 4.78 is 28.2. The van der Waals surface area contributed by atoms with Crippen molar-refractivity contribution in [3.63, 3.8) is 0 Å². The number of aryl methyl sites for hydroxylation is 1. The van der Waals surface area contributed by atoms with Crippen LogP contribution in [0.15, 0.2) is 24.3 Å². The largest absolute Gasteiger partial charge is 0.389 e. The van der Waals surface area contributed by atoms with Crippen molar-refractivity contribution in [3.8, 4) is 11.3 Å². The van der Waals surface area contributed by atoms with E-state index >= 15 is 0 Å². The number of halogens is 2. The fraction of sp³-hybridized carbons (Fsp3) is 0.444. The second-order valence-corrected chi connectivity index (χ2v) is 6.76. The monoisotopic (exact) mass is 349 g/mol. The van der Waals surface area contributed by atoms with Crippen LogP contribution in [-0.4, -0.2) is 14.8 Å². The zero-order chi connectivity index (χ0) is 17.3. The maximum Gasteiger partial charge on any atom is 0.282 e. The molecule has 0 atom stereocenters. The molecule has 0 radical (unpaired) electrons. The minimum absolute atomic E-state index is 0.0353. The van der Waals surface area contributed by atoms with E-state index in [0.29, 0.717) is 11.6 Å². The van der Waals surface area contributed by atoms with Gasteiger partial charge in [0.15, 0.2) is 0 Å². The van der Waals surface area contributed by atoms with Crippen LogP contribution < -0.4 is 5.73 Å². The first kappa shape index (κ1) is 17.0. The molecule has 1 fully saturated rings. The third kappa shape index (κ3) is 3.07. The van der Waals surface area contributed by atoms with E-state index < -0.39 is 6.43 Å². The van der Waals surface area contributed by atoms with Crippen molar-refractivity contribution >= 4 is 17.2 Å². The van der Waals surface area contributed by atoms with Crippen molar-refractivity contribution in [2.24, 2.45) is 12.8 Å². The highest BCUT2D eigenvalue weighted by Gasteiger charge is 2.28. The second kappa shape index (κ2) is 6.97. The van der Waals surface area contributed by atoms with E-state index in [1.807, 2.05) is 18.2 Å². The molecule has 1 heterocycles. The first-order valence-corrected chi connectivity index (χ1v) is 8.65. The van der Waals surface area contributed by atoms with Gasteiger partial charge in [-0.2, -0.15) is 5.10 Å². The van der Waals surface area contributed by atoms with Gasteiger partial charge in [0.25, 0.3) is 6.43 Å². The maximum absolute atomic E-state index is 13.4. The number of rotatable bonds is 4. The Morgan fingerprint density at radius 3 is 2.54 bits per heavy atom. The molecule has 2 N–H and O–H groups in total. The number of nitrogens with two attached hydrogens (primary N) is 1. The van der Waals surface area contributed by atoms with Crippen LogP contribution in [0.25, 0.3) is 11.3 Å². The number of aromatic nitrogens is 2. The zero-order valence-corrected chi connectivity index (χ0v) is 14.5. The third-order valence-electron chi connectivity index (χ3n) is 4.79. The first-order chi connectivity index (χ1) is 11.5.